The van der Waals surface area contributed by atoms with Gasteiger partial charge in [-0.1, -0.05) is 6.07 Å². The second-order valence-corrected chi connectivity index (χ2v) is 4.04. The van der Waals surface area contributed by atoms with E-state index in [2.05, 4.69) is 10.1 Å². The van der Waals surface area contributed by atoms with Gasteiger partial charge in [0.15, 0.2) is 11.5 Å². The third kappa shape index (κ3) is 4.44. The molecular formula is C14H21NO4. The largest absolute Gasteiger partial charge is 0.493 e. The van der Waals surface area contributed by atoms with Crippen molar-refractivity contribution in [2.45, 2.75) is 26.4 Å². The minimum atomic E-state index is -0.345. The highest BCUT2D eigenvalue weighted by molar-refractivity contribution is 5.75. The lowest BCUT2D eigenvalue weighted by Crippen LogP contribution is -2.34. The average Bonchev–Trinajstić information content (AvgIpc) is 2.44. The molecule has 0 bridgehead atoms. The molecule has 0 amide bonds. The molecule has 5 nitrogen and oxygen atoms in total. The van der Waals surface area contributed by atoms with E-state index in [4.69, 9.17) is 9.47 Å². The average molecular weight is 267 g/mol. The molecule has 0 aliphatic rings. The van der Waals surface area contributed by atoms with Gasteiger partial charge in [-0.25, -0.2) is 0 Å². The Kier molecular flexibility index (Phi) is 6.15. The number of hydrogen-bond donors (Lipinski definition) is 1. The van der Waals surface area contributed by atoms with E-state index in [1.165, 1.54) is 7.11 Å². The summed E-state index contributed by atoms with van der Waals surface area (Å²) < 4.78 is 15.4. The Hall–Kier alpha value is -1.75. The first-order chi connectivity index (χ1) is 9.12. The molecule has 0 saturated heterocycles. The summed E-state index contributed by atoms with van der Waals surface area (Å²) in [7, 11) is 2.98. The van der Waals surface area contributed by atoms with Gasteiger partial charge in [0.05, 0.1) is 20.8 Å². The highest BCUT2D eigenvalue weighted by atomic mass is 16.5. The topological polar surface area (TPSA) is 56.8 Å². The first-order valence-electron chi connectivity index (χ1n) is 6.23. The Morgan fingerprint density at radius 1 is 1.32 bits per heavy atom. The zero-order chi connectivity index (χ0) is 14.3. The predicted octanol–water partition coefficient (Wildman–Crippen LogP) is 1.74. The van der Waals surface area contributed by atoms with E-state index in [-0.39, 0.29) is 12.0 Å². The van der Waals surface area contributed by atoms with Crippen molar-refractivity contribution in [3.8, 4) is 11.5 Å². The standard InChI is InChI=1S/C14H21NO4/c1-5-19-13-8-11(6-7-12(13)17-3)9-15-10(2)14(16)18-4/h6-8,10,15H,5,9H2,1-4H3/t10-/m0/s1. The molecule has 106 valence electrons. The lowest BCUT2D eigenvalue weighted by molar-refractivity contribution is -0.142. The van der Waals surface area contributed by atoms with E-state index in [1.807, 2.05) is 25.1 Å². The summed E-state index contributed by atoms with van der Waals surface area (Å²) in [6.45, 7) is 4.81. The van der Waals surface area contributed by atoms with Crippen molar-refractivity contribution in [3.05, 3.63) is 23.8 Å². The molecule has 1 aromatic rings. The maximum Gasteiger partial charge on any atom is 0.322 e. The van der Waals surface area contributed by atoms with Gasteiger partial charge in [-0.15, -0.1) is 0 Å². The third-order valence-corrected chi connectivity index (χ3v) is 2.69. The lowest BCUT2D eigenvalue weighted by Gasteiger charge is -2.14. The van der Waals surface area contributed by atoms with Gasteiger partial charge in [0.1, 0.15) is 6.04 Å². The molecular weight excluding hydrogens is 246 g/mol. The summed E-state index contributed by atoms with van der Waals surface area (Å²) in [5.41, 5.74) is 1.01. The maximum atomic E-state index is 11.3. The van der Waals surface area contributed by atoms with Crippen LogP contribution in [0, 0.1) is 0 Å². The number of ether oxygens (including phenoxy) is 3. The van der Waals surface area contributed by atoms with Crippen LogP contribution in [0.15, 0.2) is 18.2 Å². The maximum absolute atomic E-state index is 11.3. The van der Waals surface area contributed by atoms with Crippen molar-refractivity contribution in [3.63, 3.8) is 0 Å². The minimum Gasteiger partial charge on any atom is -0.493 e. The van der Waals surface area contributed by atoms with Crippen LogP contribution in [0.1, 0.15) is 19.4 Å². The number of carbonyl (C=O) groups is 1. The molecule has 0 saturated carbocycles. The predicted molar refractivity (Wildman–Crippen MR) is 72.5 cm³/mol. The van der Waals surface area contributed by atoms with Gasteiger partial charge in [0.25, 0.3) is 0 Å². The molecule has 5 heteroatoms. The third-order valence-electron chi connectivity index (χ3n) is 2.69. The normalized spacial score (nSPS) is 11.8. The van der Waals surface area contributed by atoms with Crippen LogP contribution < -0.4 is 14.8 Å². The SMILES string of the molecule is CCOc1cc(CN[C@@H](C)C(=O)OC)ccc1OC. The number of hydrogen-bond acceptors (Lipinski definition) is 5. The summed E-state index contributed by atoms with van der Waals surface area (Å²) in [4.78, 5) is 11.3. The number of benzene rings is 1. The minimum absolute atomic E-state index is 0.279. The molecule has 19 heavy (non-hydrogen) atoms. The fraction of sp³-hybridized carbons (Fsp3) is 0.500. The monoisotopic (exact) mass is 267 g/mol. The van der Waals surface area contributed by atoms with Crippen LogP contribution in [-0.4, -0.2) is 32.8 Å². The highest BCUT2D eigenvalue weighted by Crippen LogP contribution is 2.27. The smallest absolute Gasteiger partial charge is 0.322 e. The molecule has 1 rings (SSSR count). The fourth-order valence-electron chi connectivity index (χ4n) is 1.63. The van der Waals surface area contributed by atoms with Crippen molar-refractivity contribution >= 4 is 5.97 Å². The number of methoxy groups -OCH3 is 2. The van der Waals surface area contributed by atoms with Gasteiger partial charge >= 0.3 is 5.97 Å². The van der Waals surface area contributed by atoms with Gasteiger partial charge in [-0.05, 0) is 31.5 Å². The van der Waals surface area contributed by atoms with Crippen molar-refractivity contribution < 1.29 is 19.0 Å². The number of rotatable bonds is 7. The summed E-state index contributed by atoms with van der Waals surface area (Å²) >= 11 is 0. The van der Waals surface area contributed by atoms with Crippen LogP contribution in [0.2, 0.25) is 0 Å². The number of nitrogens with one attached hydrogen (secondary N) is 1. The molecule has 0 unspecified atom stereocenters. The van der Waals surface area contributed by atoms with Gasteiger partial charge in [0.2, 0.25) is 0 Å². The van der Waals surface area contributed by atoms with E-state index in [9.17, 15) is 4.79 Å². The molecule has 0 aliphatic heterocycles. The zero-order valence-corrected chi connectivity index (χ0v) is 11.9. The molecule has 1 N–H and O–H groups in total. The van der Waals surface area contributed by atoms with E-state index < -0.39 is 0 Å². The molecule has 0 spiro atoms. The van der Waals surface area contributed by atoms with Gasteiger partial charge < -0.3 is 19.5 Å². The quantitative estimate of drug-likeness (QED) is 0.763. The fourth-order valence-corrected chi connectivity index (χ4v) is 1.63. The Balaban J connectivity index is 2.68. The van der Waals surface area contributed by atoms with Gasteiger partial charge in [-0.3, -0.25) is 4.79 Å². The summed E-state index contributed by atoms with van der Waals surface area (Å²) in [6, 6.07) is 5.34. The van der Waals surface area contributed by atoms with Crippen LogP contribution in [-0.2, 0) is 16.1 Å². The summed E-state index contributed by atoms with van der Waals surface area (Å²) in [6.07, 6.45) is 0. The van der Waals surface area contributed by atoms with E-state index >= 15 is 0 Å². The van der Waals surface area contributed by atoms with Crippen LogP contribution >= 0.6 is 0 Å². The van der Waals surface area contributed by atoms with Gasteiger partial charge in [0, 0.05) is 6.54 Å². The molecule has 1 aromatic carbocycles. The highest BCUT2D eigenvalue weighted by Gasteiger charge is 2.12. The van der Waals surface area contributed by atoms with Crippen LogP contribution in [0.4, 0.5) is 0 Å². The summed E-state index contributed by atoms with van der Waals surface area (Å²) in [5.74, 6) is 1.13. The first kappa shape index (κ1) is 15.3. The van der Waals surface area contributed by atoms with Crippen molar-refractivity contribution in [1.82, 2.24) is 5.32 Å². The van der Waals surface area contributed by atoms with E-state index in [0.717, 1.165) is 5.56 Å². The molecule has 0 heterocycles. The number of esters is 1. The second kappa shape index (κ2) is 7.63. The Morgan fingerprint density at radius 2 is 2.05 bits per heavy atom. The van der Waals surface area contributed by atoms with Crippen molar-refractivity contribution in [2.24, 2.45) is 0 Å². The molecule has 0 radical (unpaired) electrons. The molecule has 0 fully saturated rings. The van der Waals surface area contributed by atoms with Crippen molar-refractivity contribution in [1.29, 1.82) is 0 Å². The second-order valence-electron chi connectivity index (χ2n) is 4.04. The molecule has 0 aliphatic carbocycles. The van der Waals surface area contributed by atoms with E-state index in [1.54, 1.807) is 14.0 Å². The number of carbonyl (C=O) groups excluding carboxylic acids is 1. The molecule has 0 aromatic heterocycles. The summed E-state index contributed by atoms with van der Waals surface area (Å²) in [5, 5.41) is 3.09. The van der Waals surface area contributed by atoms with Crippen molar-refractivity contribution in [2.75, 3.05) is 20.8 Å². The zero-order valence-electron chi connectivity index (χ0n) is 11.9. The Morgan fingerprint density at radius 3 is 2.63 bits per heavy atom. The van der Waals surface area contributed by atoms with Crippen LogP contribution in [0.3, 0.4) is 0 Å². The first-order valence-corrected chi connectivity index (χ1v) is 6.23. The van der Waals surface area contributed by atoms with Gasteiger partial charge in [-0.2, -0.15) is 0 Å². The Labute approximate surface area is 113 Å². The van der Waals surface area contributed by atoms with Crippen LogP contribution in [0.25, 0.3) is 0 Å². The lowest BCUT2D eigenvalue weighted by atomic mass is 10.2. The van der Waals surface area contributed by atoms with E-state index in [0.29, 0.717) is 24.7 Å². The molecule has 1 atom stereocenters. The van der Waals surface area contributed by atoms with Crippen LogP contribution in [0.5, 0.6) is 11.5 Å². The Bertz CT molecular complexity index is 420.